The van der Waals surface area contributed by atoms with Gasteiger partial charge in [0.15, 0.2) is 5.82 Å². The second-order valence-corrected chi connectivity index (χ2v) is 8.34. The van der Waals surface area contributed by atoms with Crippen LogP contribution >= 0.6 is 0 Å². The van der Waals surface area contributed by atoms with Crippen LogP contribution in [0.25, 0.3) is 11.4 Å². The summed E-state index contributed by atoms with van der Waals surface area (Å²) >= 11 is 0. The number of carbonyl (C=O) groups excluding carboxylic acids is 1. The van der Waals surface area contributed by atoms with Crippen molar-refractivity contribution in [1.29, 1.82) is 0 Å². The number of benzene rings is 1. The molecule has 142 valence electrons. The van der Waals surface area contributed by atoms with E-state index in [-0.39, 0.29) is 17.4 Å². The maximum absolute atomic E-state index is 11.7. The van der Waals surface area contributed by atoms with Crippen molar-refractivity contribution >= 4 is 5.97 Å². The van der Waals surface area contributed by atoms with Crippen LogP contribution in [0.5, 0.6) is 5.75 Å². The zero-order valence-electron chi connectivity index (χ0n) is 16.9. The second kappa shape index (κ2) is 7.05. The van der Waals surface area contributed by atoms with Gasteiger partial charge in [0.1, 0.15) is 12.3 Å². The number of hydrogen-bond donors (Lipinski definition) is 0. The van der Waals surface area contributed by atoms with Gasteiger partial charge in [0.2, 0.25) is 0 Å². The van der Waals surface area contributed by atoms with Crippen molar-refractivity contribution in [1.82, 2.24) is 20.2 Å². The monoisotopic (exact) mass is 360 g/mol. The summed E-state index contributed by atoms with van der Waals surface area (Å²) in [6.07, 6.45) is 0. The first-order chi connectivity index (χ1) is 12.0. The van der Waals surface area contributed by atoms with Crippen molar-refractivity contribution in [2.24, 2.45) is 0 Å². The summed E-state index contributed by atoms with van der Waals surface area (Å²) in [5, 5.41) is 11.8. The molecule has 0 saturated heterocycles. The van der Waals surface area contributed by atoms with E-state index in [2.05, 4.69) is 57.1 Å². The Kier molecular flexibility index (Phi) is 5.39. The van der Waals surface area contributed by atoms with Crippen LogP contribution in [-0.4, -0.2) is 40.4 Å². The van der Waals surface area contributed by atoms with Crippen LogP contribution in [0.15, 0.2) is 12.1 Å². The molecular weight excluding hydrogens is 332 g/mol. The van der Waals surface area contributed by atoms with Gasteiger partial charge in [-0.15, -0.1) is 5.10 Å². The Labute approximate surface area is 154 Å². The minimum atomic E-state index is -0.404. The lowest BCUT2D eigenvalue weighted by Crippen LogP contribution is -2.20. The van der Waals surface area contributed by atoms with Gasteiger partial charge in [-0.3, -0.25) is 4.79 Å². The molecule has 0 fully saturated rings. The molecule has 0 unspecified atom stereocenters. The van der Waals surface area contributed by atoms with E-state index in [0.29, 0.717) is 5.82 Å². The third kappa shape index (κ3) is 4.03. The molecule has 1 aromatic carbocycles. The molecule has 2 rings (SSSR count). The van der Waals surface area contributed by atoms with Crippen molar-refractivity contribution in [3.8, 4) is 17.1 Å². The van der Waals surface area contributed by atoms with Gasteiger partial charge in [-0.1, -0.05) is 41.5 Å². The largest absolute Gasteiger partial charge is 0.496 e. The maximum atomic E-state index is 11.7. The zero-order chi connectivity index (χ0) is 19.7. The Bertz CT molecular complexity index is 763. The van der Waals surface area contributed by atoms with E-state index >= 15 is 0 Å². The fourth-order valence-corrected chi connectivity index (χ4v) is 2.80. The minimum absolute atomic E-state index is 0.0411. The quantitative estimate of drug-likeness (QED) is 0.780. The number of methoxy groups -OCH3 is 2. The molecule has 0 spiro atoms. The average molecular weight is 360 g/mol. The Morgan fingerprint density at radius 1 is 1.04 bits per heavy atom. The number of hydrogen-bond acceptors (Lipinski definition) is 6. The third-order valence-electron chi connectivity index (χ3n) is 4.21. The number of carbonyl (C=O) groups is 1. The Hall–Kier alpha value is -2.44. The normalized spacial score (nSPS) is 12.2. The predicted molar refractivity (Wildman–Crippen MR) is 99.2 cm³/mol. The standard InChI is InChI=1S/C19H28N4O3/c1-18(2,3)13-9-12(10-14(16(13)26-8)19(4,5)6)17-20-21-22-23(17)11-15(24)25-7/h9-10H,11H2,1-8H3. The lowest BCUT2D eigenvalue weighted by atomic mass is 9.78. The first kappa shape index (κ1) is 19.9. The molecule has 26 heavy (non-hydrogen) atoms. The fourth-order valence-electron chi connectivity index (χ4n) is 2.80. The predicted octanol–water partition coefficient (Wildman–Crippen LogP) is 3.12. The van der Waals surface area contributed by atoms with Gasteiger partial charge in [0, 0.05) is 16.7 Å². The van der Waals surface area contributed by atoms with Crippen LogP contribution in [-0.2, 0) is 26.9 Å². The molecule has 0 amide bonds. The van der Waals surface area contributed by atoms with Gasteiger partial charge in [0.25, 0.3) is 0 Å². The molecule has 1 heterocycles. The highest BCUT2D eigenvalue weighted by Gasteiger charge is 2.29. The molecule has 0 bridgehead atoms. The van der Waals surface area contributed by atoms with Crippen LogP contribution in [0, 0.1) is 0 Å². The maximum Gasteiger partial charge on any atom is 0.327 e. The van der Waals surface area contributed by atoms with E-state index in [9.17, 15) is 4.79 Å². The van der Waals surface area contributed by atoms with Gasteiger partial charge in [-0.2, -0.15) is 0 Å². The summed E-state index contributed by atoms with van der Waals surface area (Å²) in [5.41, 5.74) is 2.70. The van der Waals surface area contributed by atoms with E-state index in [1.807, 2.05) is 12.1 Å². The number of aromatic nitrogens is 4. The molecule has 1 aromatic heterocycles. The second-order valence-electron chi connectivity index (χ2n) is 8.34. The van der Waals surface area contributed by atoms with Crippen LogP contribution in [0.1, 0.15) is 52.7 Å². The summed E-state index contributed by atoms with van der Waals surface area (Å²) in [4.78, 5) is 11.7. The first-order valence-corrected chi connectivity index (χ1v) is 8.55. The van der Waals surface area contributed by atoms with E-state index < -0.39 is 5.97 Å². The number of ether oxygens (including phenoxy) is 2. The summed E-state index contributed by atoms with van der Waals surface area (Å²) in [6, 6.07) is 4.07. The summed E-state index contributed by atoms with van der Waals surface area (Å²) in [5.74, 6) is 0.994. The van der Waals surface area contributed by atoms with Crippen molar-refractivity contribution in [3.63, 3.8) is 0 Å². The van der Waals surface area contributed by atoms with Crippen LogP contribution in [0.2, 0.25) is 0 Å². The molecule has 0 saturated carbocycles. The first-order valence-electron chi connectivity index (χ1n) is 8.55. The Balaban J connectivity index is 2.72. The topological polar surface area (TPSA) is 79.1 Å². The van der Waals surface area contributed by atoms with Crippen molar-refractivity contribution in [2.45, 2.75) is 58.9 Å². The highest BCUT2D eigenvalue weighted by molar-refractivity contribution is 5.70. The molecule has 0 aliphatic rings. The van der Waals surface area contributed by atoms with Gasteiger partial charge in [-0.05, 0) is 33.4 Å². The van der Waals surface area contributed by atoms with Crippen LogP contribution < -0.4 is 4.74 Å². The summed E-state index contributed by atoms with van der Waals surface area (Å²) in [6.45, 7) is 12.8. The average Bonchev–Trinajstić information content (AvgIpc) is 2.99. The summed E-state index contributed by atoms with van der Waals surface area (Å²) in [7, 11) is 3.04. The highest BCUT2D eigenvalue weighted by Crippen LogP contribution is 2.42. The van der Waals surface area contributed by atoms with Crippen molar-refractivity contribution in [2.75, 3.05) is 14.2 Å². The molecule has 0 atom stereocenters. The SMILES string of the molecule is COC(=O)Cn1nnnc1-c1cc(C(C)(C)C)c(OC)c(C(C)(C)C)c1. The highest BCUT2D eigenvalue weighted by atomic mass is 16.5. The van der Waals surface area contributed by atoms with E-state index in [1.165, 1.54) is 11.8 Å². The number of tetrazole rings is 1. The zero-order valence-corrected chi connectivity index (χ0v) is 16.9. The van der Waals surface area contributed by atoms with Crippen LogP contribution in [0.3, 0.4) is 0 Å². The number of esters is 1. The van der Waals surface area contributed by atoms with E-state index in [0.717, 1.165) is 22.4 Å². The van der Waals surface area contributed by atoms with Gasteiger partial charge < -0.3 is 9.47 Å². The van der Waals surface area contributed by atoms with Gasteiger partial charge in [0.05, 0.1) is 14.2 Å². The summed E-state index contributed by atoms with van der Waals surface area (Å²) < 4.78 is 12.0. The molecule has 0 N–H and O–H groups in total. The lowest BCUT2D eigenvalue weighted by molar-refractivity contribution is -0.141. The van der Waals surface area contributed by atoms with Crippen molar-refractivity contribution < 1.29 is 14.3 Å². The molecule has 7 nitrogen and oxygen atoms in total. The molecule has 2 aromatic rings. The van der Waals surface area contributed by atoms with E-state index in [4.69, 9.17) is 9.47 Å². The van der Waals surface area contributed by atoms with Crippen LogP contribution in [0.4, 0.5) is 0 Å². The third-order valence-corrected chi connectivity index (χ3v) is 4.21. The van der Waals surface area contributed by atoms with Crippen molar-refractivity contribution in [3.05, 3.63) is 23.3 Å². The lowest BCUT2D eigenvalue weighted by Gasteiger charge is -2.29. The minimum Gasteiger partial charge on any atom is -0.496 e. The number of nitrogens with zero attached hydrogens (tertiary/aromatic N) is 4. The Morgan fingerprint density at radius 2 is 1.58 bits per heavy atom. The molecule has 0 aliphatic carbocycles. The van der Waals surface area contributed by atoms with Gasteiger partial charge >= 0.3 is 5.97 Å². The smallest absolute Gasteiger partial charge is 0.327 e. The number of rotatable bonds is 4. The Morgan fingerprint density at radius 3 is 2.00 bits per heavy atom. The fraction of sp³-hybridized carbons (Fsp3) is 0.579. The molecule has 0 aliphatic heterocycles. The molecule has 7 heteroatoms. The molecule has 0 radical (unpaired) electrons. The van der Waals surface area contributed by atoms with E-state index in [1.54, 1.807) is 7.11 Å². The molecular formula is C19H28N4O3. The van der Waals surface area contributed by atoms with Gasteiger partial charge in [-0.25, -0.2) is 4.68 Å².